The molecule has 2 atom stereocenters. The lowest BCUT2D eigenvalue weighted by Crippen LogP contribution is -2.45. The van der Waals surface area contributed by atoms with Gasteiger partial charge in [-0.2, -0.15) is 0 Å². The van der Waals surface area contributed by atoms with Gasteiger partial charge in [-0.15, -0.1) is 0 Å². The third-order valence-electron chi connectivity index (χ3n) is 2.79. The average Bonchev–Trinajstić information content (AvgIpc) is 2.28. The van der Waals surface area contributed by atoms with E-state index in [1.807, 2.05) is 12.3 Å². The monoisotopic (exact) mass is 221 g/mol. The van der Waals surface area contributed by atoms with Crippen molar-refractivity contribution in [3.63, 3.8) is 0 Å². The smallest absolute Gasteiger partial charge is 0.0726 e. The van der Waals surface area contributed by atoms with Crippen molar-refractivity contribution in [2.24, 2.45) is 5.73 Å². The molecular weight excluding hydrogens is 202 g/mol. The highest BCUT2D eigenvalue weighted by molar-refractivity contribution is 5.47. The highest BCUT2D eigenvalue weighted by atomic mass is 16.5. The van der Waals surface area contributed by atoms with Gasteiger partial charge < -0.3 is 15.4 Å². The first-order valence-corrected chi connectivity index (χ1v) is 5.74. The SMILES string of the molecule is CC1CN(c2ccnc(CN)c2)CC(C)O1. The van der Waals surface area contributed by atoms with Gasteiger partial charge >= 0.3 is 0 Å². The molecule has 0 spiro atoms. The summed E-state index contributed by atoms with van der Waals surface area (Å²) in [6, 6.07) is 4.09. The Bertz CT molecular complexity index is 346. The molecule has 4 heteroatoms. The second-order valence-electron chi connectivity index (χ2n) is 4.37. The predicted octanol–water partition coefficient (Wildman–Crippen LogP) is 1.15. The Balaban J connectivity index is 2.16. The molecule has 2 unspecified atom stereocenters. The van der Waals surface area contributed by atoms with Crippen LogP contribution < -0.4 is 10.6 Å². The summed E-state index contributed by atoms with van der Waals surface area (Å²) in [4.78, 5) is 6.54. The zero-order valence-electron chi connectivity index (χ0n) is 9.89. The van der Waals surface area contributed by atoms with Crippen molar-refractivity contribution in [3.05, 3.63) is 24.0 Å². The largest absolute Gasteiger partial charge is 0.372 e. The van der Waals surface area contributed by atoms with E-state index >= 15 is 0 Å². The first-order valence-electron chi connectivity index (χ1n) is 5.74. The van der Waals surface area contributed by atoms with E-state index in [0.717, 1.165) is 18.8 Å². The predicted molar refractivity (Wildman–Crippen MR) is 64.4 cm³/mol. The molecule has 1 aliphatic rings. The summed E-state index contributed by atoms with van der Waals surface area (Å²) < 4.78 is 5.71. The maximum absolute atomic E-state index is 5.71. The van der Waals surface area contributed by atoms with Crippen LogP contribution in [0, 0.1) is 0 Å². The molecule has 0 aromatic carbocycles. The van der Waals surface area contributed by atoms with E-state index in [-0.39, 0.29) is 12.2 Å². The van der Waals surface area contributed by atoms with E-state index in [9.17, 15) is 0 Å². The molecule has 1 fully saturated rings. The first-order chi connectivity index (χ1) is 7.69. The molecule has 88 valence electrons. The summed E-state index contributed by atoms with van der Waals surface area (Å²) >= 11 is 0. The Morgan fingerprint density at radius 3 is 2.75 bits per heavy atom. The van der Waals surface area contributed by atoms with Gasteiger partial charge in [0.25, 0.3) is 0 Å². The number of hydrogen-bond acceptors (Lipinski definition) is 4. The second kappa shape index (κ2) is 4.80. The summed E-state index contributed by atoms with van der Waals surface area (Å²) in [5, 5.41) is 0. The van der Waals surface area contributed by atoms with Crippen molar-refractivity contribution in [1.29, 1.82) is 0 Å². The molecule has 16 heavy (non-hydrogen) atoms. The molecule has 0 amide bonds. The van der Waals surface area contributed by atoms with Crippen molar-refractivity contribution in [2.45, 2.75) is 32.6 Å². The van der Waals surface area contributed by atoms with Crippen LogP contribution in [0.25, 0.3) is 0 Å². The molecule has 1 saturated heterocycles. The summed E-state index contributed by atoms with van der Waals surface area (Å²) in [6.07, 6.45) is 2.37. The lowest BCUT2D eigenvalue weighted by molar-refractivity contribution is -0.00522. The third-order valence-corrected chi connectivity index (χ3v) is 2.79. The van der Waals surface area contributed by atoms with E-state index in [1.54, 1.807) is 0 Å². The highest BCUT2D eigenvalue weighted by Gasteiger charge is 2.22. The van der Waals surface area contributed by atoms with Crippen LogP contribution in [0.1, 0.15) is 19.5 Å². The van der Waals surface area contributed by atoms with Gasteiger partial charge in [0, 0.05) is 31.5 Å². The zero-order chi connectivity index (χ0) is 11.5. The van der Waals surface area contributed by atoms with Gasteiger partial charge in [-0.3, -0.25) is 4.98 Å². The number of rotatable bonds is 2. The Morgan fingerprint density at radius 2 is 2.12 bits per heavy atom. The number of hydrogen-bond donors (Lipinski definition) is 1. The summed E-state index contributed by atoms with van der Waals surface area (Å²) in [6.45, 7) is 6.56. The van der Waals surface area contributed by atoms with E-state index in [4.69, 9.17) is 10.5 Å². The highest BCUT2D eigenvalue weighted by Crippen LogP contribution is 2.20. The third kappa shape index (κ3) is 2.51. The summed E-state index contributed by atoms with van der Waals surface area (Å²) in [5.41, 5.74) is 7.72. The van der Waals surface area contributed by atoms with Crippen LogP contribution in [0.2, 0.25) is 0 Å². The van der Waals surface area contributed by atoms with Crippen molar-refractivity contribution in [1.82, 2.24) is 4.98 Å². The van der Waals surface area contributed by atoms with Gasteiger partial charge in [0.2, 0.25) is 0 Å². The Morgan fingerprint density at radius 1 is 1.44 bits per heavy atom. The number of aromatic nitrogens is 1. The van der Waals surface area contributed by atoms with Gasteiger partial charge in [-0.25, -0.2) is 0 Å². The van der Waals surface area contributed by atoms with Crippen LogP contribution in [-0.4, -0.2) is 30.3 Å². The molecular formula is C12H19N3O. The van der Waals surface area contributed by atoms with Gasteiger partial charge in [0.15, 0.2) is 0 Å². The Kier molecular flexibility index (Phi) is 3.41. The molecule has 2 rings (SSSR count). The molecule has 0 aliphatic carbocycles. The molecule has 2 N–H and O–H groups in total. The fourth-order valence-electron chi connectivity index (χ4n) is 2.16. The average molecular weight is 221 g/mol. The van der Waals surface area contributed by atoms with E-state index in [2.05, 4.69) is 29.8 Å². The topological polar surface area (TPSA) is 51.4 Å². The molecule has 1 aromatic heterocycles. The Labute approximate surface area is 96.4 Å². The minimum absolute atomic E-state index is 0.276. The van der Waals surface area contributed by atoms with E-state index in [1.165, 1.54) is 5.69 Å². The fourth-order valence-corrected chi connectivity index (χ4v) is 2.16. The molecule has 0 radical (unpaired) electrons. The van der Waals surface area contributed by atoms with Gasteiger partial charge in [0.1, 0.15) is 0 Å². The lowest BCUT2D eigenvalue weighted by Gasteiger charge is -2.36. The molecule has 1 aromatic rings. The number of ether oxygens (including phenoxy) is 1. The quantitative estimate of drug-likeness (QED) is 0.814. The van der Waals surface area contributed by atoms with Crippen LogP contribution in [0.5, 0.6) is 0 Å². The van der Waals surface area contributed by atoms with Crippen LogP contribution in [-0.2, 0) is 11.3 Å². The van der Waals surface area contributed by atoms with Crippen LogP contribution in [0.3, 0.4) is 0 Å². The molecule has 2 heterocycles. The normalized spacial score (nSPS) is 25.8. The molecule has 1 aliphatic heterocycles. The maximum atomic E-state index is 5.71. The maximum Gasteiger partial charge on any atom is 0.0726 e. The van der Waals surface area contributed by atoms with Gasteiger partial charge in [-0.1, -0.05) is 0 Å². The van der Waals surface area contributed by atoms with Crippen molar-refractivity contribution < 1.29 is 4.74 Å². The van der Waals surface area contributed by atoms with E-state index < -0.39 is 0 Å². The van der Waals surface area contributed by atoms with Crippen LogP contribution in [0.4, 0.5) is 5.69 Å². The zero-order valence-corrected chi connectivity index (χ0v) is 9.89. The van der Waals surface area contributed by atoms with Crippen molar-refractivity contribution >= 4 is 5.69 Å². The fraction of sp³-hybridized carbons (Fsp3) is 0.583. The van der Waals surface area contributed by atoms with Gasteiger partial charge in [-0.05, 0) is 26.0 Å². The summed E-state index contributed by atoms with van der Waals surface area (Å²) in [7, 11) is 0. The van der Waals surface area contributed by atoms with Crippen LogP contribution in [0.15, 0.2) is 18.3 Å². The molecule has 0 saturated carbocycles. The van der Waals surface area contributed by atoms with Crippen LogP contribution >= 0.6 is 0 Å². The molecule has 4 nitrogen and oxygen atoms in total. The van der Waals surface area contributed by atoms with Crippen molar-refractivity contribution in [3.8, 4) is 0 Å². The van der Waals surface area contributed by atoms with Gasteiger partial charge in [0.05, 0.1) is 17.9 Å². The summed E-state index contributed by atoms with van der Waals surface area (Å²) in [5.74, 6) is 0. The minimum atomic E-state index is 0.276. The second-order valence-corrected chi connectivity index (χ2v) is 4.37. The number of morpholine rings is 1. The standard InChI is InChI=1S/C12H19N3O/c1-9-7-15(8-10(2)16-9)12-3-4-14-11(5-12)6-13/h3-5,9-10H,6-8,13H2,1-2H3. The number of nitrogens with zero attached hydrogens (tertiary/aromatic N) is 2. The molecule has 0 bridgehead atoms. The van der Waals surface area contributed by atoms with Crippen molar-refractivity contribution in [2.75, 3.05) is 18.0 Å². The van der Waals surface area contributed by atoms with E-state index in [0.29, 0.717) is 6.54 Å². The lowest BCUT2D eigenvalue weighted by atomic mass is 10.2. The number of nitrogens with two attached hydrogens (primary N) is 1. The number of pyridine rings is 1. The first kappa shape index (κ1) is 11.4. The number of anilines is 1. The minimum Gasteiger partial charge on any atom is -0.372 e. The Hall–Kier alpha value is -1.13.